The Hall–Kier alpha value is -1.88. The first-order valence-corrected chi connectivity index (χ1v) is 8.06. The summed E-state index contributed by atoms with van der Waals surface area (Å²) < 4.78 is 6.02. The van der Waals surface area contributed by atoms with Gasteiger partial charge in [0.1, 0.15) is 0 Å². The number of nitrogen functional groups attached to an aromatic ring is 1. The molecule has 1 heterocycles. The number of hydrogen-bond donors (Lipinski definition) is 2. The van der Waals surface area contributed by atoms with E-state index in [1.807, 2.05) is 6.92 Å². The predicted octanol–water partition coefficient (Wildman–Crippen LogP) is 2.99. The monoisotopic (exact) mass is 319 g/mol. The third-order valence-electron chi connectivity index (χ3n) is 4.77. The van der Waals surface area contributed by atoms with Crippen LogP contribution in [-0.4, -0.2) is 29.1 Å². The Morgan fingerprint density at radius 1 is 1.26 bits per heavy atom. The second-order valence-electron chi connectivity index (χ2n) is 6.71. The number of carbonyl (C=O) groups is 2. The van der Waals surface area contributed by atoms with Crippen molar-refractivity contribution >= 4 is 17.4 Å². The zero-order valence-electron chi connectivity index (χ0n) is 13.9. The van der Waals surface area contributed by atoms with Crippen molar-refractivity contribution in [3.05, 3.63) is 29.8 Å². The topological polar surface area (TPSA) is 89.6 Å². The number of aliphatic carboxylic acids is 1. The highest BCUT2D eigenvalue weighted by atomic mass is 16.5. The third kappa shape index (κ3) is 4.10. The average molecular weight is 319 g/mol. The number of hydrogen-bond acceptors (Lipinski definition) is 4. The van der Waals surface area contributed by atoms with Gasteiger partial charge in [-0.2, -0.15) is 0 Å². The van der Waals surface area contributed by atoms with Crippen LogP contribution in [0, 0.1) is 17.8 Å². The number of carboxylic acid groups (broad SMARTS) is 1. The fourth-order valence-corrected chi connectivity index (χ4v) is 3.31. The first kappa shape index (κ1) is 17.5. The molecule has 0 aliphatic carbocycles. The van der Waals surface area contributed by atoms with Crippen molar-refractivity contribution in [3.63, 3.8) is 0 Å². The molecule has 0 bridgehead atoms. The quantitative estimate of drug-likeness (QED) is 0.643. The lowest BCUT2D eigenvalue weighted by Gasteiger charge is -2.40. The molecule has 1 aromatic rings. The number of Topliss-reactive ketones (excluding diaryl/α,β-unsaturated/α-hetero) is 1. The van der Waals surface area contributed by atoms with E-state index < -0.39 is 11.9 Å². The number of nitrogens with two attached hydrogens (primary N) is 1. The van der Waals surface area contributed by atoms with Gasteiger partial charge in [0.2, 0.25) is 0 Å². The van der Waals surface area contributed by atoms with Crippen LogP contribution in [0.15, 0.2) is 24.3 Å². The summed E-state index contributed by atoms with van der Waals surface area (Å²) in [7, 11) is 0. The van der Waals surface area contributed by atoms with E-state index in [-0.39, 0.29) is 36.2 Å². The maximum Gasteiger partial charge on any atom is 0.308 e. The van der Waals surface area contributed by atoms with Crippen molar-refractivity contribution in [2.24, 2.45) is 17.8 Å². The summed E-state index contributed by atoms with van der Waals surface area (Å²) in [5.41, 5.74) is 6.86. The van der Waals surface area contributed by atoms with E-state index in [2.05, 4.69) is 6.92 Å². The number of ether oxygens (including phenoxy) is 1. The zero-order chi connectivity index (χ0) is 17.1. The molecule has 1 unspecified atom stereocenters. The smallest absolute Gasteiger partial charge is 0.308 e. The summed E-state index contributed by atoms with van der Waals surface area (Å²) in [5.74, 6) is -1.05. The number of carbonyl (C=O) groups excluding carboxylic acids is 1. The second-order valence-corrected chi connectivity index (χ2v) is 6.71. The SMILES string of the molecule is CC(C(=O)O)[C@H]1O[C@@H](CC(=O)c2ccc(N)cc2)[C@H](C)C[C@H]1C. The Kier molecular flexibility index (Phi) is 5.42. The lowest BCUT2D eigenvalue weighted by atomic mass is 9.80. The summed E-state index contributed by atoms with van der Waals surface area (Å²) in [5, 5.41) is 9.23. The summed E-state index contributed by atoms with van der Waals surface area (Å²) >= 11 is 0. The highest BCUT2D eigenvalue weighted by Crippen LogP contribution is 2.35. The number of ketones is 1. The third-order valence-corrected chi connectivity index (χ3v) is 4.77. The molecule has 5 nitrogen and oxygen atoms in total. The van der Waals surface area contributed by atoms with Gasteiger partial charge in [-0.1, -0.05) is 13.8 Å². The molecule has 5 atom stereocenters. The van der Waals surface area contributed by atoms with Gasteiger partial charge < -0.3 is 15.6 Å². The highest BCUT2D eigenvalue weighted by molar-refractivity contribution is 5.96. The Morgan fingerprint density at radius 3 is 2.43 bits per heavy atom. The molecular formula is C18H25NO4. The minimum absolute atomic E-state index is 0.00173. The maximum absolute atomic E-state index is 12.4. The van der Waals surface area contributed by atoms with Gasteiger partial charge in [-0.3, -0.25) is 9.59 Å². The van der Waals surface area contributed by atoms with Crippen LogP contribution in [0.3, 0.4) is 0 Å². The predicted molar refractivity (Wildman–Crippen MR) is 88.2 cm³/mol. The van der Waals surface area contributed by atoms with Crippen LogP contribution in [0.4, 0.5) is 5.69 Å². The van der Waals surface area contributed by atoms with Crippen LogP contribution in [0.5, 0.6) is 0 Å². The lowest BCUT2D eigenvalue weighted by Crippen LogP contribution is -2.45. The normalized spacial score (nSPS) is 29.0. The van der Waals surface area contributed by atoms with Crippen molar-refractivity contribution in [2.75, 3.05) is 5.73 Å². The van der Waals surface area contributed by atoms with Gasteiger partial charge >= 0.3 is 5.97 Å². The number of carboxylic acids is 1. The minimum Gasteiger partial charge on any atom is -0.481 e. The number of rotatable bonds is 5. The van der Waals surface area contributed by atoms with E-state index in [0.717, 1.165) is 6.42 Å². The molecule has 1 aromatic carbocycles. The molecule has 0 spiro atoms. The molecule has 126 valence electrons. The van der Waals surface area contributed by atoms with E-state index in [1.165, 1.54) is 0 Å². The molecule has 3 N–H and O–H groups in total. The first-order chi connectivity index (χ1) is 10.8. The van der Waals surface area contributed by atoms with Crippen molar-refractivity contribution < 1.29 is 19.4 Å². The Bertz CT molecular complexity index is 569. The van der Waals surface area contributed by atoms with E-state index in [4.69, 9.17) is 10.5 Å². The fraction of sp³-hybridized carbons (Fsp3) is 0.556. The molecular weight excluding hydrogens is 294 g/mol. The molecule has 23 heavy (non-hydrogen) atoms. The van der Waals surface area contributed by atoms with E-state index in [1.54, 1.807) is 31.2 Å². The van der Waals surface area contributed by atoms with E-state index >= 15 is 0 Å². The molecule has 0 radical (unpaired) electrons. The van der Waals surface area contributed by atoms with Crippen LogP contribution in [0.2, 0.25) is 0 Å². The van der Waals surface area contributed by atoms with Crippen LogP contribution >= 0.6 is 0 Å². The lowest BCUT2D eigenvalue weighted by molar-refractivity contribution is -0.162. The molecule has 1 saturated heterocycles. The number of anilines is 1. The van der Waals surface area contributed by atoms with Gasteiger partial charge in [-0.05, 0) is 49.4 Å². The standard InChI is InChI=1S/C18H25NO4/c1-10-8-11(2)17(12(3)18(21)22)23-16(10)9-15(20)13-4-6-14(19)7-5-13/h4-7,10-12,16-17H,8-9,19H2,1-3H3,(H,21,22)/t10-,11-,12?,16+,17+/m1/s1. The Labute approximate surface area is 136 Å². The average Bonchev–Trinajstić information content (AvgIpc) is 2.49. The second kappa shape index (κ2) is 7.13. The van der Waals surface area contributed by atoms with Gasteiger partial charge in [0, 0.05) is 17.7 Å². The van der Waals surface area contributed by atoms with Gasteiger partial charge in [0.25, 0.3) is 0 Å². The minimum atomic E-state index is -0.861. The number of benzene rings is 1. The fourth-order valence-electron chi connectivity index (χ4n) is 3.31. The van der Waals surface area contributed by atoms with Gasteiger partial charge in [0.15, 0.2) is 5.78 Å². The molecule has 2 rings (SSSR count). The molecule has 5 heteroatoms. The summed E-state index contributed by atoms with van der Waals surface area (Å²) in [6, 6.07) is 6.84. The zero-order valence-corrected chi connectivity index (χ0v) is 13.9. The maximum atomic E-state index is 12.4. The van der Waals surface area contributed by atoms with Gasteiger partial charge in [-0.25, -0.2) is 0 Å². The molecule has 0 amide bonds. The highest BCUT2D eigenvalue weighted by Gasteiger charge is 2.39. The first-order valence-electron chi connectivity index (χ1n) is 8.06. The summed E-state index contributed by atoms with van der Waals surface area (Å²) in [6.45, 7) is 5.73. The van der Waals surface area contributed by atoms with Gasteiger partial charge in [0.05, 0.1) is 18.1 Å². The molecule has 0 saturated carbocycles. The summed E-state index contributed by atoms with van der Waals surface area (Å²) in [6.07, 6.45) is 0.527. The van der Waals surface area contributed by atoms with Crippen LogP contribution in [0.1, 0.15) is 44.0 Å². The van der Waals surface area contributed by atoms with Crippen LogP contribution in [-0.2, 0) is 9.53 Å². The van der Waals surface area contributed by atoms with E-state index in [9.17, 15) is 14.7 Å². The van der Waals surface area contributed by atoms with Crippen LogP contribution < -0.4 is 5.73 Å². The molecule has 1 fully saturated rings. The van der Waals surface area contributed by atoms with E-state index in [0.29, 0.717) is 11.3 Å². The molecule has 1 aliphatic rings. The summed E-state index contributed by atoms with van der Waals surface area (Å²) in [4.78, 5) is 23.7. The van der Waals surface area contributed by atoms with Crippen molar-refractivity contribution in [3.8, 4) is 0 Å². The van der Waals surface area contributed by atoms with Crippen molar-refractivity contribution in [1.82, 2.24) is 0 Å². The van der Waals surface area contributed by atoms with Gasteiger partial charge in [-0.15, -0.1) is 0 Å². The molecule has 0 aromatic heterocycles. The van der Waals surface area contributed by atoms with Crippen molar-refractivity contribution in [2.45, 2.75) is 45.8 Å². The Balaban J connectivity index is 2.07. The molecule has 1 aliphatic heterocycles. The largest absolute Gasteiger partial charge is 0.481 e. The van der Waals surface area contributed by atoms with Crippen LogP contribution in [0.25, 0.3) is 0 Å². The Morgan fingerprint density at radius 2 is 1.87 bits per heavy atom. The van der Waals surface area contributed by atoms with Crippen molar-refractivity contribution in [1.29, 1.82) is 0 Å².